The summed E-state index contributed by atoms with van der Waals surface area (Å²) >= 11 is 1.30. The Morgan fingerprint density at radius 3 is 2.59 bits per heavy atom. The Kier molecular flexibility index (Phi) is 6.21. The Labute approximate surface area is 162 Å². The van der Waals surface area contributed by atoms with E-state index in [1.807, 2.05) is 50.5 Å². The van der Waals surface area contributed by atoms with Crippen molar-refractivity contribution < 1.29 is 13.9 Å². The molecule has 1 heterocycles. The lowest BCUT2D eigenvalue weighted by molar-refractivity contribution is 0.0942. The number of nitrogens with zero attached hydrogens (tertiary/aromatic N) is 1. The fourth-order valence-electron chi connectivity index (χ4n) is 3.18. The third kappa shape index (κ3) is 4.18. The molecule has 0 spiro atoms. The second kappa shape index (κ2) is 8.61. The number of rotatable bonds is 7. The number of thiophene rings is 1. The van der Waals surface area contributed by atoms with Gasteiger partial charge in [-0.05, 0) is 31.8 Å². The maximum Gasteiger partial charge on any atom is 0.261 e. The highest BCUT2D eigenvalue weighted by atomic mass is 32.1. The summed E-state index contributed by atoms with van der Waals surface area (Å²) in [6, 6.07) is 15.0. The molecule has 0 bridgehead atoms. The van der Waals surface area contributed by atoms with E-state index in [-0.39, 0.29) is 24.4 Å². The van der Waals surface area contributed by atoms with Gasteiger partial charge >= 0.3 is 0 Å². The van der Waals surface area contributed by atoms with Gasteiger partial charge in [-0.1, -0.05) is 36.4 Å². The molecular weight excluding hydrogens is 363 g/mol. The molecule has 3 rings (SSSR count). The number of benzene rings is 2. The van der Waals surface area contributed by atoms with Crippen LogP contribution in [0.2, 0.25) is 0 Å². The van der Waals surface area contributed by atoms with Crippen LogP contribution in [-0.4, -0.2) is 38.6 Å². The van der Waals surface area contributed by atoms with E-state index < -0.39 is 0 Å². The van der Waals surface area contributed by atoms with E-state index in [1.54, 1.807) is 13.2 Å². The first-order valence-corrected chi connectivity index (χ1v) is 9.53. The minimum absolute atomic E-state index is 0.0483. The zero-order chi connectivity index (χ0) is 19.4. The number of methoxy groups -OCH3 is 1. The van der Waals surface area contributed by atoms with Gasteiger partial charge in [-0.25, -0.2) is 4.39 Å². The van der Waals surface area contributed by atoms with Crippen LogP contribution in [0.15, 0.2) is 48.5 Å². The van der Waals surface area contributed by atoms with E-state index in [0.717, 1.165) is 10.3 Å². The predicted octanol–water partition coefficient (Wildman–Crippen LogP) is 4.22. The van der Waals surface area contributed by atoms with E-state index in [1.165, 1.54) is 17.4 Å². The first-order chi connectivity index (χ1) is 13.0. The van der Waals surface area contributed by atoms with Crippen LogP contribution >= 0.6 is 11.3 Å². The average molecular weight is 386 g/mol. The molecule has 1 aromatic heterocycles. The van der Waals surface area contributed by atoms with Gasteiger partial charge in [0.2, 0.25) is 0 Å². The van der Waals surface area contributed by atoms with E-state index in [0.29, 0.717) is 22.4 Å². The minimum atomic E-state index is -0.328. The normalized spacial score (nSPS) is 12.5. The highest BCUT2D eigenvalue weighted by Crippen LogP contribution is 2.33. The van der Waals surface area contributed by atoms with Crippen LogP contribution < -0.4 is 5.32 Å². The number of nitrogens with one attached hydrogen (secondary N) is 1. The fraction of sp³-hybridized carbons (Fsp3) is 0.286. The standard InChI is InChI=1S/C21H23FN2O2S/c1-24(2)17(14-8-5-4-6-9-14)12-23-21(25)20-15(13-26-3)19-16(22)10-7-11-18(19)27-20/h4-11,17H,12-13H2,1-3H3,(H,23,25). The second-order valence-electron chi connectivity index (χ2n) is 6.56. The van der Waals surface area contributed by atoms with E-state index >= 15 is 0 Å². The van der Waals surface area contributed by atoms with Gasteiger partial charge in [0, 0.05) is 29.3 Å². The van der Waals surface area contributed by atoms with Crippen molar-refractivity contribution in [1.29, 1.82) is 0 Å². The van der Waals surface area contributed by atoms with Crippen LogP contribution in [0.5, 0.6) is 0 Å². The van der Waals surface area contributed by atoms with E-state index in [2.05, 4.69) is 10.2 Å². The van der Waals surface area contributed by atoms with Gasteiger partial charge in [0.1, 0.15) is 5.82 Å². The molecule has 0 saturated carbocycles. The van der Waals surface area contributed by atoms with Crippen LogP contribution in [0.1, 0.15) is 26.8 Å². The lowest BCUT2D eigenvalue weighted by Gasteiger charge is -2.25. The van der Waals surface area contributed by atoms with Crippen LogP contribution in [-0.2, 0) is 11.3 Å². The molecule has 0 aliphatic heterocycles. The van der Waals surface area contributed by atoms with E-state index in [4.69, 9.17) is 4.74 Å². The molecule has 142 valence electrons. The number of likely N-dealkylation sites (N-methyl/N-ethyl adjacent to an activating group) is 1. The monoisotopic (exact) mass is 386 g/mol. The molecule has 6 heteroatoms. The Balaban J connectivity index is 1.85. The van der Waals surface area contributed by atoms with Gasteiger partial charge in [0.15, 0.2) is 0 Å². The van der Waals surface area contributed by atoms with Gasteiger partial charge in [-0.15, -0.1) is 11.3 Å². The SMILES string of the molecule is COCc1c(C(=O)NCC(c2ccccc2)N(C)C)sc2cccc(F)c12. The molecule has 1 N–H and O–H groups in total. The number of carbonyl (C=O) groups is 1. The van der Waals surface area contributed by atoms with Gasteiger partial charge < -0.3 is 15.0 Å². The smallest absolute Gasteiger partial charge is 0.261 e. The number of hydrogen-bond donors (Lipinski definition) is 1. The number of halogens is 1. The third-order valence-corrected chi connectivity index (χ3v) is 5.72. The van der Waals surface area contributed by atoms with Crippen molar-refractivity contribution >= 4 is 27.3 Å². The van der Waals surface area contributed by atoms with Gasteiger partial charge in [0.05, 0.1) is 17.5 Å². The Morgan fingerprint density at radius 2 is 1.93 bits per heavy atom. The Hall–Kier alpha value is -2.28. The highest BCUT2D eigenvalue weighted by molar-refractivity contribution is 7.21. The van der Waals surface area contributed by atoms with Crippen LogP contribution in [0.4, 0.5) is 4.39 Å². The number of hydrogen-bond acceptors (Lipinski definition) is 4. The summed E-state index contributed by atoms with van der Waals surface area (Å²) in [5.74, 6) is -0.532. The minimum Gasteiger partial charge on any atom is -0.380 e. The van der Waals surface area contributed by atoms with Crippen molar-refractivity contribution in [2.75, 3.05) is 27.7 Å². The van der Waals surface area contributed by atoms with Gasteiger partial charge in [0.25, 0.3) is 5.91 Å². The molecule has 0 saturated heterocycles. The quantitative estimate of drug-likeness (QED) is 0.661. The summed E-state index contributed by atoms with van der Waals surface area (Å²) in [5, 5.41) is 3.48. The lowest BCUT2D eigenvalue weighted by atomic mass is 10.1. The van der Waals surface area contributed by atoms with E-state index in [9.17, 15) is 9.18 Å². The number of fused-ring (bicyclic) bond motifs is 1. The molecule has 2 aromatic carbocycles. The molecule has 3 aromatic rings. The van der Waals surface area contributed by atoms with Crippen molar-refractivity contribution in [2.24, 2.45) is 0 Å². The molecule has 1 amide bonds. The van der Waals surface area contributed by atoms with Crippen LogP contribution in [0, 0.1) is 5.82 Å². The number of carbonyl (C=O) groups excluding carboxylic acids is 1. The number of amides is 1. The molecule has 1 atom stereocenters. The van der Waals surface area contributed by atoms with Crippen LogP contribution in [0.25, 0.3) is 10.1 Å². The van der Waals surface area contributed by atoms with Gasteiger partial charge in [-0.2, -0.15) is 0 Å². The largest absolute Gasteiger partial charge is 0.380 e. The molecule has 4 nitrogen and oxygen atoms in total. The summed E-state index contributed by atoms with van der Waals surface area (Å²) in [4.78, 5) is 15.5. The second-order valence-corrected chi connectivity index (χ2v) is 7.61. The van der Waals surface area contributed by atoms with Crippen LogP contribution in [0.3, 0.4) is 0 Å². The first kappa shape index (κ1) is 19.5. The molecule has 1 unspecified atom stereocenters. The topological polar surface area (TPSA) is 41.6 Å². The van der Waals surface area contributed by atoms with Crippen molar-refractivity contribution in [1.82, 2.24) is 10.2 Å². The Morgan fingerprint density at radius 1 is 1.19 bits per heavy atom. The molecular formula is C21H23FN2O2S. The van der Waals surface area contributed by atoms with Gasteiger partial charge in [-0.3, -0.25) is 4.79 Å². The highest BCUT2D eigenvalue weighted by Gasteiger charge is 2.22. The average Bonchev–Trinajstić information content (AvgIpc) is 3.03. The summed E-state index contributed by atoms with van der Waals surface area (Å²) in [5.41, 5.74) is 1.73. The zero-order valence-electron chi connectivity index (χ0n) is 15.7. The molecule has 0 aliphatic rings. The molecule has 27 heavy (non-hydrogen) atoms. The maximum atomic E-state index is 14.3. The van der Waals surface area contributed by atoms with Crippen molar-refractivity contribution in [2.45, 2.75) is 12.6 Å². The number of ether oxygens (including phenoxy) is 1. The summed E-state index contributed by atoms with van der Waals surface area (Å²) in [7, 11) is 5.51. The maximum absolute atomic E-state index is 14.3. The molecule has 0 radical (unpaired) electrons. The fourth-order valence-corrected chi connectivity index (χ4v) is 4.31. The van der Waals surface area contributed by atoms with Crippen molar-refractivity contribution in [3.8, 4) is 0 Å². The third-order valence-electron chi connectivity index (χ3n) is 4.52. The summed E-state index contributed by atoms with van der Waals surface area (Å²) in [6.45, 7) is 0.651. The first-order valence-electron chi connectivity index (χ1n) is 8.71. The molecule has 0 fully saturated rings. The van der Waals surface area contributed by atoms with Crippen molar-refractivity contribution in [3.05, 3.63) is 70.4 Å². The summed E-state index contributed by atoms with van der Waals surface area (Å²) < 4.78 is 20.3. The Bertz CT molecular complexity index is 925. The summed E-state index contributed by atoms with van der Waals surface area (Å²) in [6.07, 6.45) is 0. The predicted molar refractivity (Wildman–Crippen MR) is 108 cm³/mol. The zero-order valence-corrected chi connectivity index (χ0v) is 16.5. The lowest BCUT2D eigenvalue weighted by Crippen LogP contribution is -2.34. The molecule has 0 aliphatic carbocycles. The van der Waals surface area contributed by atoms with Crippen molar-refractivity contribution in [3.63, 3.8) is 0 Å².